The Morgan fingerprint density at radius 1 is 0.886 bits per heavy atom. The second kappa shape index (κ2) is 9.75. The third kappa shape index (κ3) is 4.32. The lowest BCUT2D eigenvalue weighted by Crippen LogP contribution is -2.46. The molecule has 4 aromatic rings. The standard InChI is InChI=1S/C25H26FN5O4/c1-32-19-9-6-17(22(33-2)23(19)34-3)14-30-10-12-31(13-11-30)24-20-21(16-4-7-18(26)8-5-16)29-35-25(20)28-15-27-24/h4-9,15H,10-14H2,1-3H3. The van der Waals surface area contributed by atoms with Gasteiger partial charge in [0.15, 0.2) is 11.5 Å². The Labute approximate surface area is 202 Å². The molecular formula is C25H26FN5O4. The first kappa shape index (κ1) is 22.9. The van der Waals surface area contributed by atoms with E-state index in [0.29, 0.717) is 35.2 Å². The summed E-state index contributed by atoms with van der Waals surface area (Å²) in [6.45, 7) is 3.87. The maximum atomic E-state index is 13.4. The monoisotopic (exact) mass is 479 g/mol. The van der Waals surface area contributed by atoms with E-state index in [2.05, 4.69) is 24.9 Å². The van der Waals surface area contributed by atoms with Gasteiger partial charge in [-0.2, -0.15) is 4.98 Å². The maximum absolute atomic E-state index is 13.4. The summed E-state index contributed by atoms with van der Waals surface area (Å²) in [6.07, 6.45) is 1.48. The number of hydrogen-bond acceptors (Lipinski definition) is 9. The molecule has 0 spiro atoms. The highest BCUT2D eigenvalue weighted by Crippen LogP contribution is 2.40. The lowest BCUT2D eigenvalue weighted by atomic mass is 10.1. The number of nitrogens with zero attached hydrogens (tertiary/aromatic N) is 5. The average molecular weight is 480 g/mol. The van der Waals surface area contributed by atoms with Crippen LogP contribution in [0.15, 0.2) is 47.2 Å². The van der Waals surface area contributed by atoms with Crippen LogP contribution in [0.2, 0.25) is 0 Å². The minimum absolute atomic E-state index is 0.305. The summed E-state index contributed by atoms with van der Waals surface area (Å²) in [6, 6.07) is 10.1. The highest BCUT2D eigenvalue weighted by molar-refractivity contribution is 5.97. The molecule has 1 aliphatic rings. The van der Waals surface area contributed by atoms with Gasteiger partial charge in [-0.3, -0.25) is 4.90 Å². The first-order chi connectivity index (χ1) is 17.1. The topological polar surface area (TPSA) is 86.0 Å². The zero-order valence-electron chi connectivity index (χ0n) is 19.8. The van der Waals surface area contributed by atoms with Gasteiger partial charge in [-0.05, 0) is 30.3 Å². The van der Waals surface area contributed by atoms with Gasteiger partial charge in [-0.25, -0.2) is 9.37 Å². The van der Waals surface area contributed by atoms with E-state index >= 15 is 0 Å². The van der Waals surface area contributed by atoms with Gasteiger partial charge in [-0.1, -0.05) is 11.2 Å². The van der Waals surface area contributed by atoms with Crippen LogP contribution in [0, 0.1) is 5.82 Å². The van der Waals surface area contributed by atoms with Crippen LogP contribution in [-0.2, 0) is 6.54 Å². The molecule has 0 unspecified atom stereocenters. The van der Waals surface area contributed by atoms with Crippen LogP contribution in [0.1, 0.15) is 5.56 Å². The number of fused-ring (bicyclic) bond motifs is 1. The van der Waals surface area contributed by atoms with E-state index < -0.39 is 0 Å². The molecule has 1 fully saturated rings. The number of aromatic nitrogens is 3. The van der Waals surface area contributed by atoms with Gasteiger partial charge in [0.25, 0.3) is 5.71 Å². The summed E-state index contributed by atoms with van der Waals surface area (Å²) >= 11 is 0. The van der Waals surface area contributed by atoms with E-state index in [-0.39, 0.29) is 5.82 Å². The molecule has 0 saturated carbocycles. The van der Waals surface area contributed by atoms with Gasteiger partial charge in [0.05, 0.1) is 21.3 Å². The molecule has 10 heteroatoms. The lowest BCUT2D eigenvalue weighted by molar-refractivity contribution is 0.243. The predicted octanol–water partition coefficient (Wildman–Crippen LogP) is 3.77. The van der Waals surface area contributed by atoms with E-state index in [4.69, 9.17) is 18.7 Å². The number of piperazine rings is 1. The molecule has 0 aliphatic carbocycles. The Kier molecular flexibility index (Phi) is 6.37. The van der Waals surface area contributed by atoms with Crippen molar-refractivity contribution in [3.63, 3.8) is 0 Å². The SMILES string of the molecule is COc1ccc(CN2CCN(c3ncnc4onc(-c5ccc(F)cc5)c34)CC2)c(OC)c1OC. The number of hydrogen-bond donors (Lipinski definition) is 0. The van der Waals surface area contributed by atoms with E-state index in [9.17, 15) is 4.39 Å². The number of ether oxygens (including phenoxy) is 3. The number of anilines is 1. The van der Waals surface area contributed by atoms with Gasteiger partial charge in [-0.15, -0.1) is 0 Å². The van der Waals surface area contributed by atoms with Crippen LogP contribution in [0.4, 0.5) is 10.2 Å². The van der Waals surface area contributed by atoms with Crippen molar-refractivity contribution >= 4 is 16.9 Å². The molecule has 0 bridgehead atoms. The Morgan fingerprint density at radius 3 is 2.31 bits per heavy atom. The summed E-state index contributed by atoms with van der Waals surface area (Å²) < 4.78 is 35.5. The largest absolute Gasteiger partial charge is 0.493 e. The van der Waals surface area contributed by atoms with Crippen molar-refractivity contribution in [1.82, 2.24) is 20.0 Å². The highest BCUT2D eigenvalue weighted by atomic mass is 19.1. The van der Waals surface area contributed by atoms with Crippen LogP contribution in [0.25, 0.3) is 22.4 Å². The summed E-state index contributed by atoms with van der Waals surface area (Å²) in [5.41, 5.74) is 2.79. The van der Waals surface area contributed by atoms with E-state index in [1.807, 2.05) is 12.1 Å². The fourth-order valence-corrected chi connectivity index (χ4v) is 4.46. The second-order valence-electron chi connectivity index (χ2n) is 8.17. The van der Waals surface area contributed by atoms with Gasteiger partial charge < -0.3 is 23.6 Å². The number of rotatable bonds is 7. The first-order valence-electron chi connectivity index (χ1n) is 11.2. The molecule has 0 N–H and O–H groups in total. The third-order valence-electron chi connectivity index (χ3n) is 6.22. The fourth-order valence-electron chi connectivity index (χ4n) is 4.46. The summed E-state index contributed by atoms with van der Waals surface area (Å²) in [5.74, 6) is 2.37. The third-order valence-corrected chi connectivity index (χ3v) is 6.22. The minimum atomic E-state index is -0.305. The number of halogens is 1. The van der Waals surface area contributed by atoms with Crippen LogP contribution < -0.4 is 19.1 Å². The molecule has 182 valence electrons. The Balaban J connectivity index is 1.36. The van der Waals surface area contributed by atoms with E-state index in [1.165, 1.54) is 18.5 Å². The molecule has 35 heavy (non-hydrogen) atoms. The van der Waals surface area contributed by atoms with Crippen molar-refractivity contribution in [1.29, 1.82) is 0 Å². The van der Waals surface area contributed by atoms with Crippen molar-refractivity contribution in [2.24, 2.45) is 0 Å². The van der Waals surface area contributed by atoms with Crippen LogP contribution in [0.5, 0.6) is 17.2 Å². The molecule has 9 nitrogen and oxygen atoms in total. The molecular weight excluding hydrogens is 453 g/mol. The smallest absolute Gasteiger partial charge is 0.263 e. The molecule has 1 aliphatic heterocycles. The lowest BCUT2D eigenvalue weighted by Gasteiger charge is -2.35. The number of methoxy groups -OCH3 is 3. The van der Waals surface area contributed by atoms with Crippen molar-refractivity contribution in [2.45, 2.75) is 6.54 Å². The Morgan fingerprint density at radius 2 is 1.63 bits per heavy atom. The van der Waals surface area contributed by atoms with Crippen molar-refractivity contribution in [3.8, 4) is 28.5 Å². The zero-order valence-corrected chi connectivity index (χ0v) is 19.8. The first-order valence-corrected chi connectivity index (χ1v) is 11.2. The van der Waals surface area contributed by atoms with Crippen LogP contribution in [-0.4, -0.2) is 67.5 Å². The summed E-state index contributed by atoms with van der Waals surface area (Å²) in [5, 5.41) is 4.93. The average Bonchev–Trinajstić information content (AvgIpc) is 3.33. The van der Waals surface area contributed by atoms with E-state index in [0.717, 1.165) is 48.5 Å². The van der Waals surface area contributed by atoms with E-state index in [1.54, 1.807) is 33.5 Å². The van der Waals surface area contributed by atoms with Gasteiger partial charge in [0.2, 0.25) is 5.75 Å². The van der Waals surface area contributed by atoms with Crippen LogP contribution in [0.3, 0.4) is 0 Å². The molecule has 2 aromatic carbocycles. The Bertz CT molecular complexity index is 1320. The van der Waals surface area contributed by atoms with Crippen molar-refractivity contribution in [2.75, 3.05) is 52.4 Å². The Hall–Kier alpha value is -3.92. The summed E-state index contributed by atoms with van der Waals surface area (Å²) in [7, 11) is 4.85. The molecule has 5 rings (SSSR count). The fraction of sp³-hybridized carbons (Fsp3) is 0.320. The maximum Gasteiger partial charge on any atom is 0.263 e. The predicted molar refractivity (Wildman–Crippen MR) is 129 cm³/mol. The van der Waals surface area contributed by atoms with Crippen molar-refractivity contribution in [3.05, 3.63) is 54.1 Å². The molecule has 0 amide bonds. The van der Waals surface area contributed by atoms with Gasteiger partial charge in [0.1, 0.15) is 29.0 Å². The van der Waals surface area contributed by atoms with Crippen molar-refractivity contribution < 1.29 is 23.1 Å². The second-order valence-corrected chi connectivity index (χ2v) is 8.17. The molecule has 0 atom stereocenters. The zero-order chi connectivity index (χ0) is 24.4. The number of benzene rings is 2. The van der Waals surface area contributed by atoms with Gasteiger partial charge in [0, 0.05) is 43.9 Å². The van der Waals surface area contributed by atoms with Gasteiger partial charge >= 0.3 is 0 Å². The molecule has 2 aromatic heterocycles. The molecule has 0 radical (unpaired) electrons. The van der Waals surface area contributed by atoms with Crippen LogP contribution >= 0.6 is 0 Å². The summed E-state index contributed by atoms with van der Waals surface area (Å²) in [4.78, 5) is 13.3. The molecule has 1 saturated heterocycles. The highest BCUT2D eigenvalue weighted by Gasteiger charge is 2.25. The minimum Gasteiger partial charge on any atom is -0.493 e. The normalized spacial score (nSPS) is 14.3. The molecule has 3 heterocycles. The quantitative estimate of drug-likeness (QED) is 0.393.